The summed E-state index contributed by atoms with van der Waals surface area (Å²) < 4.78 is 0. The zero-order valence-electron chi connectivity index (χ0n) is 12.8. The van der Waals surface area contributed by atoms with Crippen molar-refractivity contribution in [3.63, 3.8) is 0 Å². The summed E-state index contributed by atoms with van der Waals surface area (Å²) in [5.41, 5.74) is 2.35. The number of nitrogens with one attached hydrogen (secondary N) is 2. The number of imidazole rings is 1. The van der Waals surface area contributed by atoms with Crippen molar-refractivity contribution in [3.05, 3.63) is 76.1 Å². The van der Waals surface area contributed by atoms with Crippen LogP contribution in [0.5, 0.6) is 0 Å². The largest absolute Gasteiger partial charge is 0.345 e. The molecule has 120 valence electrons. The normalized spacial score (nSPS) is 10.4. The van der Waals surface area contributed by atoms with Crippen molar-refractivity contribution in [1.82, 2.24) is 9.97 Å². The summed E-state index contributed by atoms with van der Waals surface area (Å²) in [6.07, 6.45) is 3.41. The number of nitrogens with zero attached hydrogens (tertiary/aromatic N) is 2. The number of H-pyrrole nitrogens is 1. The molecule has 3 aromatic rings. The maximum absolute atomic E-state index is 12.3. The number of carbonyl (C=O) groups excluding carboxylic acids is 1. The Bertz CT molecular complexity index is 887. The Kier molecular flexibility index (Phi) is 4.07. The van der Waals surface area contributed by atoms with Gasteiger partial charge < -0.3 is 10.3 Å². The topological polar surface area (TPSA) is 101 Å². The minimum absolute atomic E-state index is 0.00523. The summed E-state index contributed by atoms with van der Waals surface area (Å²) in [5, 5.41) is 13.6. The Morgan fingerprint density at radius 1 is 1.21 bits per heavy atom. The van der Waals surface area contributed by atoms with E-state index in [1.807, 2.05) is 12.1 Å². The standard InChI is InChI=1S/C17H14N4O3/c1-11-10-13(4-7-15(11)21(23)24)17(22)20-14-5-2-12(3-6-14)16-18-8-9-19-16/h2-10H,1H3,(H,18,19)(H,20,22). The van der Waals surface area contributed by atoms with Gasteiger partial charge in [-0.15, -0.1) is 0 Å². The molecule has 0 aliphatic rings. The van der Waals surface area contributed by atoms with E-state index in [0.29, 0.717) is 16.8 Å². The van der Waals surface area contributed by atoms with E-state index in [0.717, 1.165) is 11.4 Å². The molecular formula is C17H14N4O3. The molecule has 1 aromatic heterocycles. The lowest BCUT2D eigenvalue weighted by Crippen LogP contribution is -2.12. The highest BCUT2D eigenvalue weighted by Crippen LogP contribution is 2.21. The maximum atomic E-state index is 12.3. The van der Waals surface area contributed by atoms with E-state index in [2.05, 4.69) is 15.3 Å². The average Bonchev–Trinajstić information content (AvgIpc) is 3.09. The molecule has 0 bridgehead atoms. The van der Waals surface area contributed by atoms with Crippen molar-refractivity contribution in [1.29, 1.82) is 0 Å². The number of hydrogen-bond donors (Lipinski definition) is 2. The van der Waals surface area contributed by atoms with Crippen molar-refractivity contribution in [2.45, 2.75) is 6.92 Å². The van der Waals surface area contributed by atoms with Crippen LogP contribution < -0.4 is 5.32 Å². The number of carbonyl (C=O) groups is 1. The van der Waals surface area contributed by atoms with Gasteiger partial charge in [0.1, 0.15) is 5.82 Å². The Morgan fingerprint density at radius 2 is 1.96 bits per heavy atom. The molecule has 2 aromatic carbocycles. The minimum Gasteiger partial charge on any atom is -0.345 e. The van der Waals surface area contributed by atoms with E-state index in [9.17, 15) is 14.9 Å². The number of nitro benzene ring substituents is 1. The molecule has 1 amide bonds. The molecule has 0 spiro atoms. The molecule has 0 aliphatic carbocycles. The van der Waals surface area contributed by atoms with E-state index < -0.39 is 4.92 Å². The molecule has 3 rings (SSSR count). The SMILES string of the molecule is Cc1cc(C(=O)Nc2ccc(-c3ncc[nH]3)cc2)ccc1[N+](=O)[O-]. The number of benzene rings is 2. The molecule has 1 heterocycles. The van der Waals surface area contributed by atoms with Crippen LogP contribution in [0.25, 0.3) is 11.4 Å². The molecular weight excluding hydrogens is 308 g/mol. The highest BCUT2D eigenvalue weighted by atomic mass is 16.6. The third kappa shape index (κ3) is 3.14. The number of nitro groups is 1. The van der Waals surface area contributed by atoms with Crippen LogP contribution in [0.2, 0.25) is 0 Å². The van der Waals surface area contributed by atoms with Crippen LogP contribution >= 0.6 is 0 Å². The predicted octanol–water partition coefficient (Wildman–Crippen LogP) is 3.55. The Labute approximate surface area is 137 Å². The summed E-state index contributed by atoms with van der Waals surface area (Å²) >= 11 is 0. The molecule has 0 unspecified atom stereocenters. The number of rotatable bonds is 4. The van der Waals surface area contributed by atoms with Gasteiger partial charge >= 0.3 is 0 Å². The van der Waals surface area contributed by atoms with E-state index in [4.69, 9.17) is 0 Å². The van der Waals surface area contributed by atoms with Gasteiger partial charge in [0, 0.05) is 40.8 Å². The van der Waals surface area contributed by atoms with Crippen LogP contribution in [-0.4, -0.2) is 20.8 Å². The van der Waals surface area contributed by atoms with Crippen molar-refractivity contribution in [2.75, 3.05) is 5.32 Å². The van der Waals surface area contributed by atoms with Crippen LogP contribution in [0, 0.1) is 17.0 Å². The summed E-state index contributed by atoms with van der Waals surface area (Å²) in [6.45, 7) is 1.60. The third-order valence-corrected chi connectivity index (χ3v) is 3.57. The Morgan fingerprint density at radius 3 is 2.54 bits per heavy atom. The van der Waals surface area contributed by atoms with Crippen molar-refractivity contribution < 1.29 is 9.72 Å². The lowest BCUT2D eigenvalue weighted by Gasteiger charge is -2.07. The van der Waals surface area contributed by atoms with Gasteiger partial charge in [-0.2, -0.15) is 0 Å². The number of aryl methyl sites for hydroxylation is 1. The summed E-state index contributed by atoms with van der Waals surface area (Å²) in [4.78, 5) is 29.8. The first kappa shape index (κ1) is 15.4. The fraction of sp³-hybridized carbons (Fsp3) is 0.0588. The predicted molar refractivity (Wildman–Crippen MR) is 89.8 cm³/mol. The first-order valence-electron chi connectivity index (χ1n) is 7.21. The molecule has 0 aliphatic heterocycles. The van der Waals surface area contributed by atoms with E-state index >= 15 is 0 Å². The van der Waals surface area contributed by atoms with Crippen LogP contribution in [0.3, 0.4) is 0 Å². The van der Waals surface area contributed by atoms with Gasteiger partial charge in [0.05, 0.1) is 4.92 Å². The fourth-order valence-electron chi connectivity index (χ4n) is 2.34. The van der Waals surface area contributed by atoms with Crippen molar-refractivity contribution >= 4 is 17.3 Å². The molecule has 0 saturated carbocycles. The quantitative estimate of drug-likeness (QED) is 0.566. The van der Waals surface area contributed by atoms with Gasteiger partial charge in [-0.3, -0.25) is 14.9 Å². The molecule has 0 radical (unpaired) electrons. The molecule has 24 heavy (non-hydrogen) atoms. The monoisotopic (exact) mass is 322 g/mol. The first-order valence-corrected chi connectivity index (χ1v) is 7.21. The highest BCUT2D eigenvalue weighted by Gasteiger charge is 2.14. The number of amides is 1. The number of anilines is 1. The smallest absolute Gasteiger partial charge is 0.272 e. The van der Waals surface area contributed by atoms with E-state index in [1.165, 1.54) is 18.2 Å². The van der Waals surface area contributed by atoms with Gasteiger partial charge in [0.2, 0.25) is 0 Å². The van der Waals surface area contributed by atoms with Crippen LogP contribution in [0.15, 0.2) is 54.9 Å². The minimum atomic E-state index is -0.468. The van der Waals surface area contributed by atoms with E-state index in [-0.39, 0.29) is 11.6 Å². The van der Waals surface area contributed by atoms with Gasteiger partial charge in [0.25, 0.3) is 11.6 Å². The number of aromatic amines is 1. The van der Waals surface area contributed by atoms with Gasteiger partial charge in [0.15, 0.2) is 0 Å². The van der Waals surface area contributed by atoms with Crippen molar-refractivity contribution in [2.24, 2.45) is 0 Å². The Hall–Kier alpha value is -3.48. The molecule has 0 atom stereocenters. The van der Waals surface area contributed by atoms with Gasteiger partial charge in [-0.25, -0.2) is 4.98 Å². The molecule has 7 heteroatoms. The molecule has 0 saturated heterocycles. The summed E-state index contributed by atoms with van der Waals surface area (Å²) in [7, 11) is 0. The lowest BCUT2D eigenvalue weighted by atomic mass is 10.1. The fourth-order valence-corrected chi connectivity index (χ4v) is 2.34. The van der Waals surface area contributed by atoms with Crippen LogP contribution in [0.1, 0.15) is 15.9 Å². The summed E-state index contributed by atoms with van der Waals surface area (Å²) in [5.74, 6) is 0.428. The van der Waals surface area contributed by atoms with Crippen LogP contribution in [0.4, 0.5) is 11.4 Å². The van der Waals surface area contributed by atoms with Crippen molar-refractivity contribution in [3.8, 4) is 11.4 Å². The second kappa shape index (κ2) is 6.33. The highest BCUT2D eigenvalue weighted by molar-refractivity contribution is 6.04. The maximum Gasteiger partial charge on any atom is 0.272 e. The molecule has 2 N–H and O–H groups in total. The summed E-state index contributed by atoms with van der Waals surface area (Å²) in [6, 6.07) is 11.5. The molecule has 7 nitrogen and oxygen atoms in total. The lowest BCUT2D eigenvalue weighted by molar-refractivity contribution is -0.385. The average molecular weight is 322 g/mol. The zero-order valence-corrected chi connectivity index (χ0v) is 12.8. The van der Waals surface area contributed by atoms with Gasteiger partial charge in [-0.05, 0) is 43.3 Å². The second-order valence-corrected chi connectivity index (χ2v) is 5.23. The first-order chi connectivity index (χ1) is 11.5. The van der Waals surface area contributed by atoms with Crippen LogP contribution in [-0.2, 0) is 0 Å². The number of aromatic nitrogens is 2. The second-order valence-electron chi connectivity index (χ2n) is 5.23. The number of hydrogen-bond acceptors (Lipinski definition) is 4. The molecule has 0 fully saturated rings. The Balaban J connectivity index is 1.75. The zero-order chi connectivity index (χ0) is 17.1. The van der Waals surface area contributed by atoms with Gasteiger partial charge in [-0.1, -0.05) is 0 Å². The van der Waals surface area contributed by atoms with E-state index in [1.54, 1.807) is 31.5 Å². The third-order valence-electron chi connectivity index (χ3n) is 3.57.